The lowest BCUT2D eigenvalue weighted by Gasteiger charge is -2.30. The Bertz CT molecular complexity index is 1180. The number of nitrogens with one attached hydrogen (secondary N) is 1. The minimum absolute atomic E-state index is 0.0151. The Hall–Kier alpha value is -3.69. The first-order chi connectivity index (χ1) is 16.1. The summed E-state index contributed by atoms with van der Waals surface area (Å²) in [7, 11) is 1.68. The van der Waals surface area contributed by atoms with Gasteiger partial charge in [0, 0.05) is 13.6 Å². The second-order valence-electron chi connectivity index (χ2n) is 8.34. The van der Waals surface area contributed by atoms with Gasteiger partial charge in [-0.05, 0) is 41.7 Å². The van der Waals surface area contributed by atoms with E-state index in [4.69, 9.17) is 5.73 Å². The van der Waals surface area contributed by atoms with Gasteiger partial charge in [0.1, 0.15) is 6.33 Å². The predicted molar refractivity (Wildman–Crippen MR) is 119 cm³/mol. The molecular formula is C24H23F4N5O. The van der Waals surface area contributed by atoms with E-state index in [1.807, 2.05) is 0 Å². The van der Waals surface area contributed by atoms with Crippen LogP contribution in [0.5, 0.6) is 0 Å². The Morgan fingerprint density at radius 3 is 2.24 bits per heavy atom. The second-order valence-corrected chi connectivity index (χ2v) is 8.34. The third-order valence-corrected chi connectivity index (χ3v) is 6.07. The molecule has 0 radical (unpaired) electrons. The predicted octanol–water partition coefficient (Wildman–Crippen LogP) is 4.40. The number of carbonyl (C=O) groups excluding carboxylic acids is 1. The summed E-state index contributed by atoms with van der Waals surface area (Å²) in [6.07, 6.45) is -1.69. The van der Waals surface area contributed by atoms with Crippen molar-refractivity contribution in [3.8, 4) is 0 Å². The monoisotopic (exact) mass is 473 g/mol. The zero-order valence-corrected chi connectivity index (χ0v) is 18.4. The van der Waals surface area contributed by atoms with E-state index >= 15 is 4.39 Å². The largest absolute Gasteiger partial charge is 0.416 e. The van der Waals surface area contributed by atoms with E-state index < -0.39 is 29.0 Å². The van der Waals surface area contributed by atoms with E-state index in [0.29, 0.717) is 18.4 Å². The van der Waals surface area contributed by atoms with Crippen LogP contribution in [-0.2, 0) is 29.5 Å². The lowest BCUT2D eigenvalue weighted by atomic mass is 10.0. The molecule has 1 aliphatic carbocycles. The molecule has 1 aromatic heterocycles. The minimum Gasteiger partial charge on any atom is -0.369 e. The molecule has 0 unspecified atom stereocenters. The summed E-state index contributed by atoms with van der Waals surface area (Å²) in [5, 5.41) is 2.95. The quantitative estimate of drug-likeness (QED) is 0.474. The first kappa shape index (κ1) is 23.5. The van der Waals surface area contributed by atoms with Crippen molar-refractivity contribution in [3.63, 3.8) is 0 Å². The molecule has 6 nitrogen and oxygen atoms in total. The summed E-state index contributed by atoms with van der Waals surface area (Å²) >= 11 is 0. The Labute approximate surface area is 193 Å². The Kier molecular flexibility index (Phi) is 6.16. The molecule has 1 saturated carbocycles. The maximum absolute atomic E-state index is 15.3. The van der Waals surface area contributed by atoms with Gasteiger partial charge in [0.25, 0.3) is 0 Å². The first-order valence-electron chi connectivity index (χ1n) is 10.6. The third kappa shape index (κ3) is 4.80. The molecule has 3 aromatic rings. The van der Waals surface area contributed by atoms with Crippen LogP contribution < -0.4 is 16.0 Å². The number of hydrogen-bond acceptors (Lipinski definition) is 5. The highest BCUT2D eigenvalue weighted by Gasteiger charge is 2.49. The summed E-state index contributed by atoms with van der Waals surface area (Å²) in [5.41, 5.74) is 6.16. The van der Waals surface area contributed by atoms with Gasteiger partial charge in [0.2, 0.25) is 11.7 Å². The molecule has 34 heavy (non-hydrogen) atoms. The van der Waals surface area contributed by atoms with Gasteiger partial charge in [-0.3, -0.25) is 4.79 Å². The van der Waals surface area contributed by atoms with Crippen LogP contribution in [0.1, 0.15) is 35.1 Å². The molecule has 1 amide bonds. The van der Waals surface area contributed by atoms with Crippen molar-refractivity contribution in [2.24, 2.45) is 5.73 Å². The molecule has 0 spiro atoms. The number of rotatable bonds is 8. The molecular weight excluding hydrogens is 450 g/mol. The molecule has 1 aliphatic rings. The average Bonchev–Trinajstić information content (AvgIpc) is 3.60. The van der Waals surface area contributed by atoms with E-state index in [0.717, 1.165) is 23.3 Å². The summed E-state index contributed by atoms with van der Waals surface area (Å²) in [5.74, 6) is -0.989. The standard InChI is InChI=1S/C24H23F4N5O/c1-33(23(10-11-23)17-6-8-18(9-7-17)24(26,27)28)22-20(25)21(31-14-32-22)30-13-16-4-2-15(3-5-16)12-19(29)34/h2-9,14H,10-13H2,1H3,(H2,29,34)(H,30,31,32). The smallest absolute Gasteiger partial charge is 0.369 e. The van der Waals surface area contributed by atoms with E-state index in [2.05, 4.69) is 15.3 Å². The molecule has 10 heteroatoms. The lowest BCUT2D eigenvalue weighted by Crippen LogP contribution is -2.33. The normalized spacial score (nSPS) is 14.5. The number of anilines is 2. The number of benzene rings is 2. The summed E-state index contributed by atoms with van der Waals surface area (Å²) in [6, 6.07) is 12.1. The Morgan fingerprint density at radius 2 is 1.68 bits per heavy atom. The minimum atomic E-state index is -4.41. The molecule has 0 bridgehead atoms. The number of aromatic nitrogens is 2. The molecule has 0 saturated heterocycles. The van der Waals surface area contributed by atoms with Crippen LogP contribution >= 0.6 is 0 Å². The zero-order chi connectivity index (χ0) is 24.5. The topological polar surface area (TPSA) is 84.1 Å². The number of primary amides is 1. The summed E-state index contributed by atoms with van der Waals surface area (Å²) in [6.45, 7) is 0.290. The summed E-state index contributed by atoms with van der Waals surface area (Å²) < 4.78 is 54.0. The highest BCUT2D eigenvalue weighted by atomic mass is 19.4. The first-order valence-corrected chi connectivity index (χ1v) is 10.6. The fraction of sp³-hybridized carbons (Fsp3) is 0.292. The number of carbonyl (C=O) groups is 1. The van der Waals surface area contributed by atoms with Crippen molar-refractivity contribution in [1.82, 2.24) is 9.97 Å². The highest BCUT2D eigenvalue weighted by molar-refractivity contribution is 5.76. The molecule has 3 N–H and O–H groups in total. The van der Waals surface area contributed by atoms with E-state index in [9.17, 15) is 18.0 Å². The summed E-state index contributed by atoms with van der Waals surface area (Å²) in [4.78, 5) is 20.8. The van der Waals surface area contributed by atoms with Crippen molar-refractivity contribution in [3.05, 3.63) is 82.9 Å². The van der Waals surface area contributed by atoms with Crippen LogP contribution in [-0.4, -0.2) is 22.9 Å². The maximum atomic E-state index is 15.3. The lowest BCUT2D eigenvalue weighted by molar-refractivity contribution is -0.137. The Balaban J connectivity index is 1.49. The van der Waals surface area contributed by atoms with Gasteiger partial charge in [-0.25, -0.2) is 9.97 Å². The number of halogens is 4. The molecule has 0 atom stereocenters. The molecule has 0 aliphatic heterocycles. The third-order valence-electron chi connectivity index (χ3n) is 6.07. The fourth-order valence-electron chi connectivity index (χ4n) is 3.99. The van der Waals surface area contributed by atoms with Crippen LogP contribution in [0.3, 0.4) is 0 Å². The number of amides is 1. The molecule has 178 valence electrons. The zero-order valence-electron chi connectivity index (χ0n) is 18.4. The van der Waals surface area contributed by atoms with Gasteiger partial charge in [0.15, 0.2) is 11.6 Å². The highest BCUT2D eigenvalue weighted by Crippen LogP contribution is 2.52. The van der Waals surface area contributed by atoms with Crippen molar-refractivity contribution in [2.45, 2.75) is 37.5 Å². The van der Waals surface area contributed by atoms with Crippen LogP contribution in [0.15, 0.2) is 54.9 Å². The van der Waals surface area contributed by atoms with Crippen molar-refractivity contribution in [2.75, 3.05) is 17.3 Å². The van der Waals surface area contributed by atoms with Gasteiger partial charge in [-0.15, -0.1) is 0 Å². The number of nitrogens with two attached hydrogens (primary N) is 1. The van der Waals surface area contributed by atoms with Gasteiger partial charge >= 0.3 is 6.18 Å². The van der Waals surface area contributed by atoms with E-state index in [1.54, 1.807) is 36.2 Å². The number of nitrogens with zero attached hydrogens (tertiary/aromatic N) is 3. The van der Waals surface area contributed by atoms with Gasteiger partial charge < -0.3 is 16.0 Å². The number of alkyl halides is 3. The maximum Gasteiger partial charge on any atom is 0.416 e. The van der Waals surface area contributed by atoms with Crippen molar-refractivity contribution >= 4 is 17.5 Å². The van der Waals surface area contributed by atoms with Gasteiger partial charge in [0.05, 0.1) is 17.5 Å². The van der Waals surface area contributed by atoms with Crippen molar-refractivity contribution < 1.29 is 22.4 Å². The SMILES string of the molecule is CN(c1ncnc(NCc2ccc(CC(N)=O)cc2)c1F)C1(c2ccc(C(F)(F)F)cc2)CC1. The fourth-order valence-corrected chi connectivity index (χ4v) is 3.99. The number of hydrogen-bond donors (Lipinski definition) is 2. The van der Waals surface area contributed by atoms with Crippen LogP contribution in [0, 0.1) is 5.82 Å². The van der Waals surface area contributed by atoms with E-state index in [1.165, 1.54) is 18.5 Å². The molecule has 1 heterocycles. The van der Waals surface area contributed by atoms with Crippen molar-refractivity contribution in [1.29, 1.82) is 0 Å². The van der Waals surface area contributed by atoms with Gasteiger partial charge in [-0.1, -0.05) is 36.4 Å². The van der Waals surface area contributed by atoms with E-state index in [-0.39, 0.29) is 24.6 Å². The van der Waals surface area contributed by atoms with Crippen LogP contribution in [0.25, 0.3) is 0 Å². The average molecular weight is 473 g/mol. The van der Waals surface area contributed by atoms with Crippen LogP contribution in [0.2, 0.25) is 0 Å². The molecule has 1 fully saturated rings. The second kappa shape index (κ2) is 8.92. The molecule has 4 rings (SSSR count). The van der Waals surface area contributed by atoms with Gasteiger partial charge in [-0.2, -0.15) is 17.6 Å². The molecule has 2 aromatic carbocycles. The van der Waals surface area contributed by atoms with Crippen LogP contribution in [0.4, 0.5) is 29.2 Å². The Morgan fingerprint density at radius 1 is 1.06 bits per heavy atom.